The molecule has 0 saturated carbocycles. The fraction of sp³-hybridized carbons (Fsp3) is 0.154. The average molecular weight is 377 g/mol. The Labute approximate surface area is 142 Å². The third-order valence-electron chi connectivity index (χ3n) is 2.79. The van der Waals surface area contributed by atoms with Crippen LogP contribution in [0.15, 0.2) is 39.8 Å². The molecule has 0 bridgehead atoms. The highest BCUT2D eigenvalue weighted by Gasteiger charge is 2.21. The molecule has 3 N–H and O–H groups in total. The van der Waals surface area contributed by atoms with E-state index in [0.29, 0.717) is 11.4 Å². The molecule has 0 radical (unpaired) electrons. The van der Waals surface area contributed by atoms with Crippen LogP contribution in [-0.2, 0) is 20.8 Å². The van der Waals surface area contributed by atoms with Crippen LogP contribution >= 0.6 is 23.6 Å². The molecule has 0 fully saturated rings. The van der Waals surface area contributed by atoms with Gasteiger partial charge in [0.1, 0.15) is 10.7 Å². The molecule has 0 spiro atoms. The number of rotatable bonds is 6. The van der Waals surface area contributed by atoms with Crippen molar-refractivity contribution < 1.29 is 21.8 Å². The Bertz CT molecular complexity index is 806. The first kappa shape index (κ1) is 17.7. The van der Waals surface area contributed by atoms with Gasteiger partial charge < -0.3 is 13.9 Å². The van der Waals surface area contributed by atoms with E-state index in [0.717, 1.165) is 18.1 Å². The lowest BCUT2D eigenvalue weighted by Gasteiger charge is -2.13. The molecule has 0 aliphatic rings. The van der Waals surface area contributed by atoms with Crippen molar-refractivity contribution >= 4 is 45.3 Å². The van der Waals surface area contributed by atoms with E-state index < -0.39 is 16.0 Å². The highest BCUT2D eigenvalue weighted by Crippen LogP contribution is 2.29. The molecule has 0 unspecified atom stereocenters. The first-order valence-corrected chi connectivity index (χ1v) is 9.28. The minimum absolute atomic E-state index is 0.000619. The van der Waals surface area contributed by atoms with Gasteiger partial charge in [0.05, 0.1) is 41.1 Å². The molecule has 2 aromatic rings. The number of carbonyl (C=O) groups excluding carboxylic acids is 1. The van der Waals surface area contributed by atoms with Gasteiger partial charge in [-0.1, -0.05) is 11.6 Å². The number of halogens is 1. The Morgan fingerprint density at radius 2 is 2.22 bits per heavy atom. The van der Waals surface area contributed by atoms with Crippen molar-refractivity contribution in [1.82, 2.24) is 0 Å². The number of furan rings is 1. The maximum Gasteiger partial charge on any atom is 0.352 e. The van der Waals surface area contributed by atoms with Crippen LogP contribution in [0, 0.1) is 0 Å². The summed E-state index contributed by atoms with van der Waals surface area (Å²) in [5, 5.41) is 7.95. The smallest absolute Gasteiger partial charge is 0.352 e. The lowest BCUT2D eigenvalue weighted by Crippen LogP contribution is -2.15. The van der Waals surface area contributed by atoms with Crippen LogP contribution in [0.3, 0.4) is 0 Å². The maximum absolute atomic E-state index is 12.0. The standard InChI is InChI=1S/C13H13ClN2O5S2/c1-22-21-13(17)9-5-12(23(15,18)19)10(14)6-11(9)16-7-8-3-2-4-20-8/h2-6,16H,7H2,1H3,(H2,15,18,19). The lowest BCUT2D eigenvalue weighted by atomic mass is 10.1. The van der Waals surface area contributed by atoms with Gasteiger partial charge in [-0.15, -0.1) is 0 Å². The number of nitrogens with one attached hydrogen (secondary N) is 1. The molecule has 1 aromatic carbocycles. The molecule has 0 aliphatic heterocycles. The normalized spacial score (nSPS) is 11.3. The third kappa shape index (κ3) is 4.41. The average Bonchev–Trinajstić information content (AvgIpc) is 2.97. The maximum atomic E-state index is 12.0. The van der Waals surface area contributed by atoms with Crippen LogP contribution in [0.2, 0.25) is 5.02 Å². The molecule has 23 heavy (non-hydrogen) atoms. The number of sulfonamides is 1. The summed E-state index contributed by atoms with van der Waals surface area (Å²) in [7, 11) is -4.07. The van der Waals surface area contributed by atoms with E-state index in [1.54, 1.807) is 18.4 Å². The number of nitrogens with two attached hydrogens (primary N) is 1. The van der Waals surface area contributed by atoms with E-state index in [-0.39, 0.29) is 22.0 Å². The molecule has 1 heterocycles. The van der Waals surface area contributed by atoms with E-state index in [2.05, 4.69) is 5.32 Å². The van der Waals surface area contributed by atoms with Gasteiger partial charge in [0, 0.05) is 6.26 Å². The fourth-order valence-corrected chi connectivity index (χ4v) is 3.14. The Kier molecular flexibility index (Phi) is 5.58. The topological polar surface area (TPSA) is 112 Å². The van der Waals surface area contributed by atoms with Crippen molar-refractivity contribution in [2.75, 3.05) is 11.6 Å². The van der Waals surface area contributed by atoms with Crippen LogP contribution in [0.25, 0.3) is 0 Å². The summed E-state index contributed by atoms with van der Waals surface area (Å²) in [4.78, 5) is 11.7. The number of hydrogen-bond donors (Lipinski definition) is 2. The van der Waals surface area contributed by atoms with Crippen molar-refractivity contribution in [3.63, 3.8) is 0 Å². The molecule has 0 saturated heterocycles. The van der Waals surface area contributed by atoms with Crippen LogP contribution in [0.5, 0.6) is 0 Å². The Balaban J connectivity index is 2.42. The lowest BCUT2D eigenvalue weighted by molar-refractivity contribution is 0.0769. The molecule has 7 nitrogen and oxygen atoms in total. The van der Waals surface area contributed by atoms with Gasteiger partial charge in [0.2, 0.25) is 10.0 Å². The van der Waals surface area contributed by atoms with Gasteiger partial charge in [-0.3, -0.25) is 0 Å². The summed E-state index contributed by atoms with van der Waals surface area (Å²) in [5.74, 6) is -0.0955. The minimum atomic E-state index is -4.07. The van der Waals surface area contributed by atoms with Crippen molar-refractivity contribution in [2.45, 2.75) is 11.4 Å². The highest BCUT2D eigenvalue weighted by molar-refractivity contribution is 7.94. The van der Waals surface area contributed by atoms with Crippen LogP contribution < -0.4 is 10.5 Å². The van der Waals surface area contributed by atoms with Crippen molar-refractivity contribution in [1.29, 1.82) is 0 Å². The number of anilines is 1. The molecule has 124 valence electrons. The van der Waals surface area contributed by atoms with Crippen LogP contribution in [0.4, 0.5) is 5.69 Å². The van der Waals surface area contributed by atoms with Gasteiger partial charge >= 0.3 is 5.97 Å². The SMILES string of the molecule is CSOC(=O)c1cc(S(N)(=O)=O)c(Cl)cc1NCc1ccco1. The van der Waals surface area contributed by atoms with E-state index in [1.807, 2.05) is 0 Å². The number of hydrogen-bond acceptors (Lipinski definition) is 7. The summed E-state index contributed by atoms with van der Waals surface area (Å²) < 4.78 is 33.1. The fourth-order valence-electron chi connectivity index (χ4n) is 1.80. The van der Waals surface area contributed by atoms with Crippen LogP contribution in [0.1, 0.15) is 16.1 Å². The molecule has 1 aromatic heterocycles. The Morgan fingerprint density at radius 3 is 2.78 bits per heavy atom. The minimum Gasteiger partial charge on any atom is -0.467 e. The molecule has 0 amide bonds. The number of benzene rings is 1. The van der Waals surface area contributed by atoms with Crippen LogP contribution in [-0.4, -0.2) is 20.6 Å². The van der Waals surface area contributed by atoms with Gasteiger partial charge in [-0.05, 0) is 24.3 Å². The van der Waals surface area contributed by atoms with Gasteiger partial charge in [0.15, 0.2) is 0 Å². The summed E-state index contributed by atoms with van der Waals surface area (Å²) in [6.07, 6.45) is 3.07. The number of primary sulfonamides is 1. The first-order valence-electron chi connectivity index (χ1n) is 6.20. The third-order valence-corrected chi connectivity index (χ3v) is 4.48. The van der Waals surface area contributed by atoms with E-state index >= 15 is 0 Å². The van der Waals surface area contributed by atoms with E-state index in [1.165, 1.54) is 12.3 Å². The summed E-state index contributed by atoms with van der Waals surface area (Å²) in [6.45, 7) is 0.275. The Morgan fingerprint density at radius 1 is 1.48 bits per heavy atom. The van der Waals surface area contributed by atoms with Gasteiger partial charge in [-0.25, -0.2) is 18.4 Å². The molecule has 10 heteroatoms. The molecular formula is C13H13ClN2O5S2. The van der Waals surface area contributed by atoms with Gasteiger partial charge in [0.25, 0.3) is 0 Å². The summed E-state index contributed by atoms with van der Waals surface area (Å²) >= 11 is 6.79. The summed E-state index contributed by atoms with van der Waals surface area (Å²) in [6, 6.07) is 5.85. The van der Waals surface area contributed by atoms with Gasteiger partial charge in [-0.2, -0.15) is 0 Å². The second kappa shape index (κ2) is 7.26. The van der Waals surface area contributed by atoms with E-state index in [4.69, 9.17) is 25.3 Å². The van der Waals surface area contributed by atoms with Crippen molar-refractivity contribution in [3.8, 4) is 0 Å². The molecule has 0 atom stereocenters. The summed E-state index contributed by atoms with van der Waals surface area (Å²) in [5.41, 5.74) is 0.303. The molecular weight excluding hydrogens is 364 g/mol. The Hall–Kier alpha value is -1.68. The number of carbonyl (C=O) groups is 1. The van der Waals surface area contributed by atoms with Crippen molar-refractivity contribution in [3.05, 3.63) is 46.9 Å². The molecule has 2 rings (SSSR count). The predicted octanol–water partition coefficient (Wildman–Crippen LogP) is 2.63. The second-order valence-electron chi connectivity index (χ2n) is 4.34. The zero-order chi connectivity index (χ0) is 17.0. The van der Waals surface area contributed by atoms with E-state index in [9.17, 15) is 13.2 Å². The predicted molar refractivity (Wildman–Crippen MR) is 87.8 cm³/mol. The zero-order valence-corrected chi connectivity index (χ0v) is 14.3. The second-order valence-corrected chi connectivity index (χ2v) is 6.78. The monoisotopic (exact) mass is 376 g/mol. The van der Waals surface area contributed by atoms with Crippen molar-refractivity contribution in [2.24, 2.45) is 5.14 Å². The first-order chi connectivity index (χ1) is 10.8. The zero-order valence-electron chi connectivity index (χ0n) is 11.9. The highest BCUT2D eigenvalue weighted by atomic mass is 35.5. The quantitative estimate of drug-likeness (QED) is 0.745. The largest absolute Gasteiger partial charge is 0.467 e. The molecule has 0 aliphatic carbocycles.